The van der Waals surface area contributed by atoms with Crippen LogP contribution in [0.15, 0.2) is 16.6 Å². The molecule has 0 unspecified atom stereocenters. The normalized spacial score (nSPS) is 9.68. The van der Waals surface area contributed by atoms with Crippen molar-refractivity contribution in [2.75, 3.05) is 21.3 Å². The third kappa shape index (κ3) is 3.11. The SMILES string of the molecule is COC(=O)c1cc(C(=O)OC)c(Br)c(C(=O)OC)c1. The van der Waals surface area contributed by atoms with E-state index in [2.05, 4.69) is 30.1 Å². The Hall–Kier alpha value is -1.89. The van der Waals surface area contributed by atoms with Gasteiger partial charge in [0.05, 0.1) is 38.0 Å². The zero-order chi connectivity index (χ0) is 14.6. The second-order valence-corrected chi connectivity index (χ2v) is 4.15. The Kier molecular flexibility index (Phi) is 5.05. The van der Waals surface area contributed by atoms with Gasteiger partial charge in [0.15, 0.2) is 0 Å². The molecule has 102 valence electrons. The van der Waals surface area contributed by atoms with Crippen LogP contribution in [0.1, 0.15) is 31.1 Å². The van der Waals surface area contributed by atoms with E-state index in [4.69, 9.17) is 0 Å². The minimum Gasteiger partial charge on any atom is -0.465 e. The van der Waals surface area contributed by atoms with Gasteiger partial charge in [-0.2, -0.15) is 0 Å². The van der Waals surface area contributed by atoms with Crippen molar-refractivity contribution in [2.45, 2.75) is 0 Å². The third-order valence-electron chi connectivity index (χ3n) is 2.30. The summed E-state index contributed by atoms with van der Waals surface area (Å²) in [7, 11) is 3.58. The Morgan fingerprint density at radius 2 is 1.21 bits per heavy atom. The summed E-state index contributed by atoms with van der Waals surface area (Å²) in [4.78, 5) is 34.7. The average molecular weight is 331 g/mol. The molecule has 0 bridgehead atoms. The van der Waals surface area contributed by atoms with E-state index in [0.717, 1.165) is 0 Å². The van der Waals surface area contributed by atoms with Crippen LogP contribution in [0.3, 0.4) is 0 Å². The van der Waals surface area contributed by atoms with Gasteiger partial charge in [-0.3, -0.25) is 0 Å². The second kappa shape index (κ2) is 6.33. The fourth-order valence-corrected chi connectivity index (χ4v) is 1.93. The van der Waals surface area contributed by atoms with Crippen molar-refractivity contribution in [1.29, 1.82) is 0 Å². The van der Waals surface area contributed by atoms with Crippen LogP contribution in [0, 0.1) is 0 Å². The molecule has 0 heterocycles. The molecule has 1 aromatic carbocycles. The van der Waals surface area contributed by atoms with Crippen LogP contribution < -0.4 is 0 Å². The van der Waals surface area contributed by atoms with Crippen LogP contribution in [0.25, 0.3) is 0 Å². The highest BCUT2D eigenvalue weighted by Crippen LogP contribution is 2.26. The Labute approximate surface area is 117 Å². The Morgan fingerprint density at radius 3 is 1.53 bits per heavy atom. The lowest BCUT2D eigenvalue weighted by atomic mass is 10.1. The summed E-state index contributed by atoms with van der Waals surface area (Å²) in [6.45, 7) is 0. The molecule has 0 aliphatic rings. The summed E-state index contributed by atoms with van der Waals surface area (Å²) in [6, 6.07) is 2.54. The van der Waals surface area contributed by atoms with E-state index < -0.39 is 17.9 Å². The lowest BCUT2D eigenvalue weighted by Crippen LogP contribution is -2.12. The number of hydrogen-bond donors (Lipinski definition) is 0. The molecule has 0 spiro atoms. The van der Waals surface area contributed by atoms with Gasteiger partial charge in [-0.05, 0) is 28.1 Å². The van der Waals surface area contributed by atoms with Gasteiger partial charge in [0, 0.05) is 4.47 Å². The van der Waals surface area contributed by atoms with E-state index in [1.165, 1.54) is 33.5 Å². The number of hydrogen-bond acceptors (Lipinski definition) is 6. The van der Waals surface area contributed by atoms with Crippen molar-refractivity contribution in [3.63, 3.8) is 0 Å². The van der Waals surface area contributed by atoms with E-state index in [9.17, 15) is 14.4 Å². The van der Waals surface area contributed by atoms with Crippen molar-refractivity contribution in [3.8, 4) is 0 Å². The molecule has 0 aromatic heterocycles. The number of ether oxygens (including phenoxy) is 3. The second-order valence-electron chi connectivity index (χ2n) is 3.36. The summed E-state index contributed by atoms with van der Waals surface area (Å²) in [5, 5.41) is 0. The van der Waals surface area contributed by atoms with Crippen molar-refractivity contribution in [2.24, 2.45) is 0 Å². The van der Waals surface area contributed by atoms with Crippen LogP contribution >= 0.6 is 15.9 Å². The zero-order valence-corrected chi connectivity index (χ0v) is 12.1. The molecule has 19 heavy (non-hydrogen) atoms. The van der Waals surface area contributed by atoms with Crippen LogP contribution in [0.2, 0.25) is 0 Å². The average Bonchev–Trinajstić information content (AvgIpc) is 2.44. The smallest absolute Gasteiger partial charge is 0.339 e. The van der Waals surface area contributed by atoms with E-state index in [0.29, 0.717) is 0 Å². The third-order valence-corrected chi connectivity index (χ3v) is 3.16. The van der Waals surface area contributed by atoms with Crippen molar-refractivity contribution in [1.82, 2.24) is 0 Å². The van der Waals surface area contributed by atoms with E-state index in [-0.39, 0.29) is 21.2 Å². The first-order chi connectivity index (χ1) is 8.96. The lowest BCUT2D eigenvalue weighted by molar-refractivity contribution is 0.0596. The number of carbonyl (C=O) groups excluding carboxylic acids is 3. The van der Waals surface area contributed by atoms with Gasteiger partial charge in [0.2, 0.25) is 0 Å². The summed E-state index contributed by atoms with van der Waals surface area (Å²) >= 11 is 3.12. The van der Waals surface area contributed by atoms with Gasteiger partial charge in [0.1, 0.15) is 0 Å². The monoisotopic (exact) mass is 330 g/mol. The molecular weight excluding hydrogens is 320 g/mol. The first-order valence-corrected chi connectivity index (χ1v) is 5.84. The molecule has 7 heteroatoms. The van der Waals surface area contributed by atoms with Gasteiger partial charge in [-0.25, -0.2) is 14.4 Å². The molecule has 1 aromatic rings. The van der Waals surface area contributed by atoms with Gasteiger partial charge < -0.3 is 14.2 Å². The van der Waals surface area contributed by atoms with Crippen LogP contribution in [-0.4, -0.2) is 39.2 Å². The summed E-state index contributed by atoms with van der Waals surface area (Å²) < 4.78 is 13.9. The van der Waals surface area contributed by atoms with Crippen molar-refractivity contribution < 1.29 is 28.6 Å². The number of esters is 3. The fraction of sp³-hybridized carbons (Fsp3) is 0.250. The maximum absolute atomic E-state index is 11.6. The first-order valence-electron chi connectivity index (χ1n) is 5.04. The maximum atomic E-state index is 11.6. The van der Waals surface area contributed by atoms with E-state index in [1.807, 2.05) is 0 Å². The molecule has 0 N–H and O–H groups in total. The minimum absolute atomic E-state index is 0.0331. The number of halogens is 1. The predicted molar refractivity (Wildman–Crippen MR) is 68.2 cm³/mol. The summed E-state index contributed by atoms with van der Waals surface area (Å²) in [5.41, 5.74) is 0.114. The van der Waals surface area contributed by atoms with Crippen LogP contribution in [0.5, 0.6) is 0 Å². The number of rotatable bonds is 3. The summed E-state index contributed by atoms with van der Waals surface area (Å²) in [6.07, 6.45) is 0. The molecular formula is C12H11BrO6. The predicted octanol–water partition coefficient (Wildman–Crippen LogP) is 1.81. The highest BCUT2D eigenvalue weighted by atomic mass is 79.9. The zero-order valence-electron chi connectivity index (χ0n) is 10.5. The fourth-order valence-electron chi connectivity index (χ4n) is 1.38. The minimum atomic E-state index is -0.692. The van der Waals surface area contributed by atoms with Gasteiger partial charge in [-0.15, -0.1) is 0 Å². The molecule has 6 nitrogen and oxygen atoms in total. The highest BCUT2D eigenvalue weighted by Gasteiger charge is 2.22. The van der Waals surface area contributed by atoms with Crippen molar-refractivity contribution >= 4 is 33.8 Å². The standard InChI is InChI=1S/C12H11BrO6/c1-17-10(14)6-4-7(11(15)18-2)9(13)8(5-6)12(16)19-3/h4-5H,1-3H3. The van der Waals surface area contributed by atoms with Gasteiger partial charge >= 0.3 is 17.9 Å². The Morgan fingerprint density at radius 1 is 0.842 bits per heavy atom. The van der Waals surface area contributed by atoms with Gasteiger partial charge in [-0.1, -0.05) is 0 Å². The summed E-state index contributed by atoms with van der Waals surface area (Å²) in [5.74, 6) is -2.06. The molecule has 0 fully saturated rings. The molecule has 0 amide bonds. The molecule has 0 atom stereocenters. The Balaban J connectivity index is 3.51. The quantitative estimate of drug-likeness (QED) is 0.621. The first kappa shape index (κ1) is 15.2. The number of carbonyl (C=O) groups is 3. The van der Waals surface area contributed by atoms with Crippen molar-refractivity contribution in [3.05, 3.63) is 33.3 Å². The molecule has 0 saturated carbocycles. The van der Waals surface area contributed by atoms with Crippen LogP contribution in [-0.2, 0) is 14.2 Å². The molecule has 0 aliphatic heterocycles. The molecule has 0 saturated heterocycles. The highest BCUT2D eigenvalue weighted by molar-refractivity contribution is 9.10. The molecule has 0 radical (unpaired) electrons. The lowest BCUT2D eigenvalue weighted by Gasteiger charge is -2.09. The number of methoxy groups -OCH3 is 3. The van der Waals surface area contributed by atoms with E-state index in [1.54, 1.807) is 0 Å². The van der Waals surface area contributed by atoms with Gasteiger partial charge in [0.25, 0.3) is 0 Å². The molecule has 0 aliphatic carbocycles. The van der Waals surface area contributed by atoms with Crippen LogP contribution in [0.4, 0.5) is 0 Å². The Bertz CT molecular complexity index is 500. The largest absolute Gasteiger partial charge is 0.465 e. The maximum Gasteiger partial charge on any atom is 0.339 e. The number of benzene rings is 1. The molecule has 1 rings (SSSR count). The topological polar surface area (TPSA) is 78.9 Å². The van der Waals surface area contributed by atoms with E-state index >= 15 is 0 Å².